The Hall–Kier alpha value is -0.720. The van der Waals surface area contributed by atoms with E-state index in [-0.39, 0.29) is 0 Å². The summed E-state index contributed by atoms with van der Waals surface area (Å²) in [5.41, 5.74) is 0. The van der Waals surface area contributed by atoms with Gasteiger partial charge in [-0.25, -0.2) is 0 Å². The number of hydrogen-bond donors (Lipinski definition) is 1. The van der Waals surface area contributed by atoms with Crippen molar-refractivity contribution in [3.63, 3.8) is 0 Å². The highest BCUT2D eigenvalue weighted by atomic mass is 16.3. The van der Waals surface area contributed by atoms with Gasteiger partial charge in [0.15, 0.2) is 0 Å². The van der Waals surface area contributed by atoms with Crippen LogP contribution in [0.2, 0.25) is 0 Å². The van der Waals surface area contributed by atoms with Gasteiger partial charge in [0, 0.05) is 0 Å². The molecule has 0 radical (unpaired) electrons. The highest BCUT2D eigenvalue weighted by Gasteiger charge is 1.87. The van der Waals surface area contributed by atoms with Crippen molar-refractivity contribution < 1.29 is 5.11 Å². The van der Waals surface area contributed by atoms with Crippen molar-refractivity contribution in [2.24, 2.45) is 0 Å². The van der Waals surface area contributed by atoms with Gasteiger partial charge in [0.05, 0.1) is 0 Å². The van der Waals surface area contributed by atoms with Crippen molar-refractivity contribution in [3.05, 3.63) is 24.0 Å². The van der Waals surface area contributed by atoms with Crippen molar-refractivity contribution in [2.75, 3.05) is 0 Å². The van der Waals surface area contributed by atoms with Crippen LogP contribution in [0.3, 0.4) is 0 Å². The van der Waals surface area contributed by atoms with Crippen LogP contribution in [0.4, 0.5) is 0 Å². The average Bonchev–Trinajstić information content (AvgIpc) is 2.05. The third kappa shape index (κ3) is 7.39. The van der Waals surface area contributed by atoms with Gasteiger partial charge < -0.3 is 5.11 Å². The van der Waals surface area contributed by atoms with E-state index < -0.39 is 0 Å². The molecule has 0 saturated carbocycles. The topological polar surface area (TPSA) is 20.2 Å². The largest absolute Gasteiger partial charge is 0.508 e. The molecule has 1 nitrogen and oxygen atoms in total. The van der Waals surface area contributed by atoms with Gasteiger partial charge in [0.2, 0.25) is 0 Å². The van der Waals surface area contributed by atoms with Crippen LogP contribution < -0.4 is 0 Å². The Morgan fingerprint density at radius 2 is 2.00 bits per heavy atom. The summed E-state index contributed by atoms with van der Waals surface area (Å²) in [4.78, 5) is 0. The minimum absolute atomic E-state index is 0.397. The maximum Gasteiger partial charge on any atom is 0.111 e. The molecule has 0 rings (SSSR count). The predicted octanol–water partition coefficient (Wildman–Crippen LogP) is 3.97. The number of rotatable bonds is 6. The predicted molar refractivity (Wildman–Crippen MR) is 54.3 cm³/mol. The fourth-order valence-corrected chi connectivity index (χ4v) is 1.06. The molecule has 0 spiro atoms. The Labute approximate surface area is 75.8 Å². The molecule has 0 aromatic heterocycles. The van der Waals surface area contributed by atoms with E-state index in [4.69, 9.17) is 0 Å². The quantitative estimate of drug-likeness (QED) is 0.361. The van der Waals surface area contributed by atoms with E-state index in [1.807, 2.05) is 19.1 Å². The van der Waals surface area contributed by atoms with E-state index in [1.165, 1.54) is 25.7 Å². The second-order valence-electron chi connectivity index (χ2n) is 2.98. The van der Waals surface area contributed by atoms with Gasteiger partial charge >= 0.3 is 0 Å². The Morgan fingerprint density at radius 1 is 1.25 bits per heavy atom. The lowest BCUT2D eigenvalue weighted by molar-refractivity contribution is 0.428. The molecule has 1 heteroatoms. The van der Waals surface area contributed by atoms with Crippen LogP contribution in [0.5, 0.6) is 0 Å². The molecule has 12 heavy (non-hydrogen) atoms. The molecule has 0 heterocycles. The summed E-state index contributed by atoms with van der Waals surface area (Å²) < 4.78 is 0. The van der Waals surface area contributed by atoms with E-state index in [0.29, 0.717) is 5.76 Å². The molecule has 0 saturated heterocycles. The minimum atomic E-state index is 0.397. The maximum atomic E-state index is 9.18. The summed E-state index contributed by atoms with van der Waals surface area (Å²) in [6.07, 6.45) is 11.5. The Morgan fingerprint density at radius 3 is 2.58 bits per heavy atom. The van der Waals surface area contributed by atoms with E-state index in [0.717, 1.165) is 6.42 Å². The number of allylic oxidation sites excluding steroid dienone is 3. The van der Waals surface area contributed by atoms with E-state index in [2.05, 4.69) is 6.92 Å². The minimum Gasteiger partial charge on any atom is -0.508 e. The molecule has 0 aromatic rings. The number of aliphatic hydroxyl groups excluding tert-OH is 1. The van der Waals surface area contributed by atoms with Crippen LogP contribution in [-0.4, -0.2) is 5.11 Å². The molecule has 0 aliphatic heterocycles. The molecular formula is C11H20O. The van der Waals surface area contributed by atoms with Crippen LogP contribution in [-0.2, 0) is 0 Å². The zero-order valence-corrected chi connectivity index (χ0v) is 8.21. The van der Waals surface area contributed by atoms with Crippen LogP contribution in [0.1, 0.15) is 46.0 Å². The lowest BCUT2D eigenvalue weighted by atomic mass is 10.1. The second kappa shape index (κ2) is 8.38. The standard InChI is InChI=1S/C11H20O/c1-3-5-6-7-8-10-11(12)9-4-2/h4,9-10,12H,3,5-8H2,1-2H3. The summed E-state index contributed by atoms with van der Waals surface area (Å²) in [7, 11) is 0. The molecule has 0 atom stereocenters. The Balaban J connectivity index is 3.33. The first-order valence-corrected chi connectivity index (χ1v) is 4.83. The molecule has 0 bridgehead atoms. The zero-order valence-electron chi connectivity index (χ0n) is 8.21. The van der Waals surface area contributed by atoms with Gasteiger partial charge in [0.1, 0.15) is 5.76 Å². The molecule has 0 aromatic carbocycles. The van der Waals surface area contributed by atoms with Gasteiger partial charge in [-0.1, -0.05) is 32.3 Å². The van der Waals surface area contributed by atoms with Gasteiger partial charge in [-0.3, -0.25) is 0 Å². The SMILES string of the molecule is CC=CC(O)=CCCCCCC. The smallest absolute Gasteiger partial charge is 0.111 e. The zero-order chi connectivity index (χ0) is 9.23. The van der Waals surface area contributed by atoms with Gasteiger partial charge in [-0.05, 0) is 31.9 Å². The van der Waals surface area contributed by atoms with Gasteiger partial charge in [0.25, 0.3) is 0 Å². The molecule has 0 amide bonds. The van der Waals surface area contributed by atoms with E-state index in [9.17, 15) is 5.11 Å². The molecule has 1 N–H and O–H groups in total. The second-order valence-corrected chi connectivity index (χ2v) is 2.98. The molecule has 0 aliphatic rings. The summed E-state index contributed by atoms with van der Waals surface area (Å²) in [5, 5.41) is 9.18. The lowest BCUT2D eigenvalue weighted by Crippen LogP contribution is -1.77. The number of hydrogen-bond acceptors (Lipinski definition) is 1. The number of unbranched alkanes of at least 4 members (excludes halogenated alkanes) is 4. The monoisotopic (exact) mass is 168 g/mol. The molecule has 0 fully saturated rings. The first kappa shape index (κ1) is 11.3. The maximum absolute atomic E-state index is 9.18. The average molecular weight is 168 g/mol. The molecule has 70 valence electrons. The van der Waals surface area contributed by atoms with Crippen molar-refractivity contribution in [3.8, 4) is 0 Å². The molecule has 0 unspecified atom stereocenters. The molecule has 0 aliphatic carbocycles. The molecular weight excluding hydrogens is 148 g/mol. The Bertz CT molecular complexity index is 145. The van der Waals surface area contributed by atoms with Crippen molar-refractivity contribution in [1.82, 2.24) is 0 Å². The summed E-state index contributed by atoms with van der Waals surface area (Å²) >= 11 is 0. The van der Waals surface area contributed by atoms with Gasteiger partial charge in [-0.15, -0.1) is 0 Å². The summed E-state index contributed by atoms with van der Waals surface area (Å²) in [5.74, 6) is 0.397. The van der Waals surface area contributed by atoms with E-state index >= 15 is 0 Å². The van der Waals surface area contributed by atoms with E-state index in [1.54, 1.807) is 6.08 Å². The third-order valence-corrected chi connectivity index (χ3v) is 1.75. The van der Waals surface area contributed by atoms with Crippen LogP contribution >= 0.6 is 0 Å². The van der Waals surface area contributed by atoms with Crippen molar-refractivity contribution >= 4 is 0 Å². The third-order valence-electron chi connectivity index (χ3n) is 1.75. The first-order valence-electron chi connectivity index (χ1n) is 4.83. The first-order chi connectivity index (χ1) is 5.81. The lowest BCUT2D eigenvalue weighted by Gasteiger charge is -1.94. The summed E-state index contributed by atoms with van der Waals surface area (Å²) in [6.45, 7) is 4.11. The highest BCUT2D eigenvalue weighted by molar-refractivity contribution is 5.08. The highest BCUT2D eigenvalue weighted by Crippen LogP contribution is 2.04. The van der Waals surface area contributed by atoms with Gasteiger partial charge in [-0.2, -0.15) is 0 Å². The van der Waals surface area contributed by atoms with Crippen molar-refractivity contribution in [1.29, 1.82) is 0 Å². The Kier molecular flexibility index (Phi) is 7.87. The van der Waals surface area contributed by atoms with Crippen LogP contribution in [0, 0.1) is 0 Å². The van der Waals surface area contributed by atoms with Crippen molar-refractivity contribution in [2.45, 2.75) is 46.0 Å². The fourth-order valence-electron chi connectivity index (χ4n) is 1.06. The normalized spacial score (nSPS) is 12.7. The number of aliphatic hydroxyl groups is 1. The fraction of sp³-hybridized carbons (Fsp3) is 0.636. The van der Waals surface area contributed by atoms with Crippen LogP contribution in [0.15, 0.2) is 24.0 Å². The van der Waals surface area contributed by atoms with Crippen LogP contribution in [0.25, 0.3) is 0 Å². The summed E-state index contributed by atoms with van der Waals surface area (Å²) in [6, 6.07) is 0.